The van der Waals surface area contributed by atoms with Gasteiger partial charge in [-0.15, -0.1) is 0 Å². The Hall–Kier alpha value is -1.89. The van der Waals surface area contributed by atoms with E-state index >= 15 is 0 Å². The Bertz CT molecular complexity index is 741. The summed E-state index contributed by atoms with van der Waals surface area (Å²) in [6, 6.07) is 4.65. The van der Waals surface area contributed by atoms with Gasteiger partial charge in [0, 0.05) is 24.9 Å². The van der Waals surface area contributed by atoms with Gasteiger partial charge in [0.25, 0.3) is 5.91 Å². The quantitative estimate of drug-likeness (QED) is 0.896. The minimum Gasteiger partial charge on any atom is -0.481 e. The van der Waals surface area contributed by atoms with Crippen molar-refractivity contribution in [3.8, 4) is 0 Å². The molecular weight excluding hydrogens is 318 g/mol. The monoisotopic (exact) mass is 339 g/mol. The lowest BCUT2D eigenvalue weighted by molar-refractivity contribution is -0.142. The molecule has 0 unspecified atom stereocenters. The number of rotatable bonds is 4. The molecule has 1 aromatic carbocycles. The van der Waals surface area contributed by atoms with Crippen LogP contribution in [0, 0.1) is 11.8 Å². The molecule has 1 aliphatic rings. The van der Waals surface area contributed by atoms with Crippen LogP contribution in [0.15, 0.2) is 23.1 Å². The van der Waals surface area contributed by atoms with E-state index in [0.29, 0.717) is 18.5 Å². The van der Waals surface area contributed by atoms with Crippen molar-refractivity contribution >= 4 is 21.7 Å². The van der Waals surface area contributed by atoms with Crippen LogP contribution in [0.3, 0.4) is 0 Å². The fourth-order valence-electron chi connectivity index (χ4n) is 2.96. The summed E-state index contributed by atoms with van der Waals surface area (Å²) < 4.78 is 23.8. The van der Waals surface area contributed by atoms with Crippen molar-refractivity contribution in [1.82, 2.24) is 4.90 Å². The molecule has 2 rings (SSSR count). The van der Waals surface area contributed by atoms with Crippen molar-refractivity contribution in [3.63, 3.8) is 0 Å². The SMILES string of the molecule is CCc1ccc(C(=O)N2C[C@@H](C)[C@H](C(=O)O)C2)cc1S(C)(=O)=O. The molecule has 0 spiro atoms. The summed E-state index contributed by atoms with van der Waals surface area (Å²) in [5, 5.41) is 9.16. The second kappa shape index (κ2) is 6.31. The molecule has 1 saturated heterocycles. The third kappa shape index (κ3) is 3.55. The zero-order valence-corrected chi connectivity index (χ0v) is 14.3. The van der Waals surface area contributed by atoms with Crippen LogP contribution in [0.1, 0.15) is 29.8 Å². The second-order valence-electron chi connectivity index (χ2n) is 6.08. The zero-order valence-electron chi connectivity index (χ0n) is 13.4. The van der Waals surface area contributed by atoms with Crippen LogP contribution < -0.4 is 0 Å². The number of amides is 1. The van der Waals surface area contributed by atoms with Crippen molar-refractivity contribution in [2.24, 2.45) is 11.8 Å². The number of benzene rings is 1. The number of sulfone groups is 1. The van der Waals surface area contributed by atoms with Crippen molar-refractivity contribution in [1.29, 1.82) is 0 Å². The van der Waals surface area contributed by atoms with Crippen molar-refractivity contribution in [3.05, 3.63) is 29.3 Å². The van der Waals surface area contributed by atoms with Gasteiger partial charge in [-0.05, 0) is 30.0 Å². The average Bonchev–Trinajstić information content (AvgIpc) is 2.87. The fraction of sp³-hybridized carbons (Fsp3) is 0.500. The van der Waals surface area contributed by atoms with Gasteiger partial charge in [0.05, 0.1) is 10.8 Å². The highest BCUT2D eigenvalue weighted by Gasteiger charge is 2.37. The van der Waals surface area contributed by atoms with Gasteiger partial charge in [0.15, 0.2) is 9.84 Å². The molecule has 0 aliphatic carbocycles. The summed E-state index contributed by atoms with van der Waals surface area (Å²) in [5.74, 6) is -1.94. The van der Waals surface area contributed by atoms with E-state index in [9.17, 15) is 18.0 Å². The molecule has 126 valence electrons. The molecule has 0 aromatic heterocycles. The van der Waals surface area contributed by atoms with E-state index in [4.69, 9.17) is 5.11 Å². The number of nitrogens with zero attached hydrogens (tertiary/aromatic N) is 1. The van der Waals surface area contributed by atoms with Gasteiger partial charge in [0.2, 0.25) is 0 Å². The Balaban J connectivity index is 2.33. The molecule has 1 fully saturated rings. The van der Waals surface area contributed by atoms with Crippen molar-refractivity contribution in [2.45, 2.75) is 25.2 Å². The molecule has 23 heavy (non-hydrogen) atoms. The number of carboxylic acids is 1. The third-order valence-corrected chi connectivity index (χ3v) is 5.49. The Morgan fingerprint density at radius 1 is 1.30 bits per heavy atom. The molecule has 1 amide bonds. The highest BCUT2D eigenvalue weighted by Crippen LogP contribution is 2.26. The maximum Gasteiger partial charge on any atom is 0.308 e. The number of aryl methyl sites for hydroxylation is 1. The molecule has 0 bridgehead atoms. The van der Waals surface area contributed by atoms with Crippen LogP contribution in [0.5, 0.6) is 0 Å². The average molecular weight is 339 g/mol. The Morgan fingerprint density at radius 2 is 1.96 bits per heavy atom. The number of carbonyl (C=O) groups is 2. The lowest BCUT2D eigenvalue weighted by atomic mass is 9.99. The molecule has 2 atom stereocenters. The molecule has 1 heterocycles. The fourth-order valence-corrected chi connectivity index (χ4v) is 3.99. The number of carbonyl (C=O) groups excluding carboxylic acids is 1. The summed E-state index contributed by atoms with van der Waals surface area (Å²) in [5.41, 5.74) is 0.947. The Kier molecular flexibility index (Phi) is 4.79. The van der Waals surface area contributed by atoms with Gasteiger partial charge in [-0.2, -0.15) is 0 Å². The molecular formula is C16H21NO5S. The van der Waals surface area contributed by atoms with E-state index in [2.05, 4.69) is 0 Å². The number of hydrogen-bond donors (Lipinski definition) is 1. The van der Waals surface area contributed by atoms with Crippen LogP contribution in [0.25, 0.3) is 0 Å². The van der Waals surface area contributed by atoms with Gasteiger partial charge < -0.3 is 10.0 Å². The lowest BCUT2D eigenvalue weighted by Gasteiger charge is -2.17. The maximum atomic E-state index is 12.6. The van der Waals surface area contributed by atoms with E-state index in [1.54, 1.807) is 19.1 Å². The molecule has 1 aromatic rings. The van der Waals surface area contributed by atoms with Crippen LogP contribution in [-0.2, 0) is 21.1 Å². The van der Waals surface area contributed by atoms with Crippen LogP contribution in [-0.4, -0.2) is 49.6 Å². The van der Waals surface area contributed by atoms with Gasteiger partial charge in [0.1, 0.15) is 0 Å². The smallest absolute Gasteiger partial charge is 0.308 e. The number of likely N-dealkylation sites (tertiary alicyclic amines) is 1. The van der Waals surface area contributed by atoms with E-state index in [-0.39, 0.29) is 28.8 Å². The summed E-state index contributed by atoms with van der Waals surface area (Å²) in [6.07, 6.45) is 1.67. The number of aliphatic carboxylic acids is 1. The second-order valence-corrected chi connectivity index (χ2v) is 8.06. The van der Waals surface area contributed by atoms with E-state index in [0.717, 1.165) is 6.26 Å². The zero-order chi connectivity index (χ0) is 17.4. The minimum atomic E-state index is -3.42. The number of hydrogen-bond acceptors (Lipinski definition) is 4. The summed E-state index contributed by atoms with van der Waals surface area (Å²) in [4.78, 5) is 25.4. The molecule has 0 saturated carbocycles. The largest absolute Gasteiger partial charge is 0.481 e. The summed E-state index contributed by atoms with van der Waals surface area (Å²) >= 11 is 0. The van der Waals surface area contributed by atoms with E-state index in [1.807, 2.05) is 6.92 Å². The first-order chi connectivity index (χ1) is 10.6. The molecule has 0 radical (unpaired) electrons. The van der Waals surface area contributed by atoms with E-state index < -0.39 is 21.7 Å². The van der Waals surface area contributed by atoms with Gasteiger partial charge >= 0.3 is 5.97 Å². The molecule has 1 aliphatic heterocycles. The Morgan fingerprint density at radius 3 is 2.43 bits per heavy atom. The lowest BCUT2D eigenvalue weighted by Crippen LogP contribution is -2.30. The highest BCUT2D eigenvalue weighted by molar-refractivity contribution is 7.90. The van der Waals surface area contributed by atoms with E-state index in [1.165, 1.54) is 11.0 Å². The first-order valence-electron chi connectivity index (χ1n) is 7.50. The summed E-state index contributed by atoms with van der Waals surface area (Å²) in [7, 11) is -3.42. The van der Waals surface area contributed by atoms with Gasteiger partial charge in [-0.3, -0.25) is 9.59 Å². The molecule has 7 heteroatoms. The normalized spacial score (nSPS) is 21.4. The van der Waals surface area contributed by atoms with Crippen molar-refractivity contribution < 1.29 is 23.1 Å². The van der Waals surface area contributed by atoms with Gasteiger partial charge in [-0.1, -0.05) is 19.9 Å². The maximum absolute atomic E-state index is 12.6. The third-order valence-electron chi connectivity index (χ3n) is 4.31. The number of carboxylic acid groups (broad SMARTS) is 1. The predicted octanol–water partition coefficient (Wildman–Crippen LogP) is 1.45. The van der Waals surface area contributed by atoms with Crippen LogP contribution in [0.2, 0.25) is 0 Å². The Labute approximate surface area is 136 Å². The van der Waals surface area contributed by atoms with Gasteiger partial charge in [-0.25, -0.2) is 8.42 Å². The first kappa shape index (κ1) is 17.5. The first-order valence-corrected chi connectivity index (χ1v) is 9.39. The predicted molar refractivity (Wildman–Crippen MR) is 85.1 cm³/mol. The summed E-state index contributed by atoms with van der Waals surface area (Å²) in [6.45, 7) is 4.16. The van der Waals surface area contributed by atoms with Crippen LogP contribution in [0.4, 0.5) is 0 Å². The standard InChI is InChI=1S/C16H21NO5S/c1-4-11-5-6-12(7-14(11)23(3,21)22)15(18)17-8-10(2)13(9-17)16(19)20/h5-7,10,13H,4,8-9H2,1-3H3,(H,19,20)/t10-,13-/m1/s1. The van der Waals surface area contributed by atoms with Crippen LogP contribution >= 0.6 is 0 Å². The topological polar surface area (TPSA) is 91.8 Å². The molecule has 6 nitrogen and oxygen atoms in total. The minimum absolute atomic E-state index is 0.124. The van der Waals surface area contributed by atoms with Crippen molar-refractivity contribution in [2.75, 3.05) is 19.3 Å². The highest BCUT2D eigenvalue weighted by atomic mass is 32.2. The molecule has 1 N–H and O–H groups in total.